The maximum atomic E-state index is 12.8. The first-order valence-electron chi connectivity index (χ1n) is 25.3. The van der Waals surface area contributed by atoms with Gasteiger partial charge in [-0.15, -0.1) is 0 Å². The number of allylic oxidation sites excluding steroid dienone is 1. The highest BCUT2D eigenvalue weighted by atomic mass is 31.2. The molecular weight excluding hydrogens is 744 g/mol. The summed E-state index contributed by atoms with van der Waals surface area (Å²) < 4.78 is 22.2. The van der Waals surface area contributed by atoms with Crippen molar-refractivity contribution in [3.8, 4) is 0 Å². The van der Waals surface area contributed by atoms with Crippen LogP contribution in [0.2, 0.25) is 0 Å². The Labute approximate surface area is 360 Å². The molecule has 8 nitrogen and oxygen atoms in total. The molecule has 0 aliphatic rings. The van der Waals surface area contributed by atoms with Gasteiger partial charge in [-0.05, 0) is 19.3 Å². The van der Waals surface area contributed by atoms with Gasteiger partial charge in [0.15, 0.2) is 0 Å². The molecule has 0 aromatic carbocycles. The molecule has 5 N–H and O–H groups in total. The Morgan fingerprint density at radius 1 is 0.552 bits per heavy atom. The number of rotatable bonds is 48. The third kappa shape index (κ3) is 43.3. The Morgan fingerprint density at radius 3 is 1.22 bits per heavy atom. The second-order valence-electron chi connectivity index (χ2n) is 17.4. The van der Waals surface area contributed by atoms with Gasteiger partial charge in [-0.2, -0.15) is 0 Å². The quantitative estimate of drug-likeness (QED) is 0.0272. The summed E-state index contributed by atoms with van der Waals surface area (Å²) in [5.74, 6) is -0.188. The van der Waals surface area contributed by atoms with E-state index in [1.54, 1.807) is 6.08 Å². The normalized spacial score (nSPS) is 13.9. The Morgan fingerprint density at radius 2 is 0.879 bits per heavy atom. The number of aliphatic hydroxyl groups excluding tert-OH is 1. The number of carbonyl (C=O) groups excluding carboxylic acids is 1. The Hall–Kier alpha value is -0.760. The predicted molar refractivity (Wildman–Crippen MR) is 249 cm³/mol. The number of amides is 1. The zero-order valence-corrected chi connectivity index (χ0v) is 39.5. The van der Waals surface area contributed by atoms with Gasteiger partial charge in [0.25, 0.3) is 0 Å². The highest BCUT2D eigenvalue weighted by Gasteiger charge is 2.26. The molecule has 0 aromatic rings. The van der Waals surface area contributed by atoms with Crippen molar-refractivity contribution in [1.82, 2.24) is 5.32 Å². The minimum absolute atomic E-state index is 0.0816. The maximum absolute atomic E-state index is 12.8. The van der Waals surface area contributed by atoms with Crippen LogP contribution in [0.5, 0.6) is 0 Å². The first-order chi connectivity index (χ1) is 28.4. The smallest absolute Gasteiger partial charge is 0.387 e. The lowest BCUT2D eigenvalue weighted by Crippen LogP contribution is -2.45. The summed E-state index contributed by atoms with van der Waals surface area (Å²) in [5.41, 5.74) is 5.39. The van der Waals surface area contributed by atoms with Gasteiger partial charge in [0.1, 0.15) is 0 Å². The topological polar surface area (TPSA) is 131 Å². The van der Waals surface area contributed by atoms with E-state index in [0.29, 0.717) is 6.42 Å². The Bertz CT molecular complexity index is 922. The molecule has 0 saturated heterocycles. The summed E-state index contributed by atoms with van der Waals surface area (Å²) in [6.07, 6.45) is 52.7. The molecule has 0 fully saturated rings. The third-order valence-corrected chi connectivity index (χ3v) is 12.6. The number of carbonyl (C=O) groups is 1. The average molecular weight is 843 g/mol. The van der Waals surface area contributed by atoms with Crippen LogP contribution in [0.15, 0.2) is 12.2 Å². The number of nitrogens with one attached hydrogen (secondary N) is 1. The minimum Gasteiger partial charge on any atom is -0.387 e. The molecule has 0 aromatic heterocycles. The molecule has 0 bridgehead atoms. The number of nitrogens with two attached hydrogens (primary N) is 1. The highest BCUT2D eigenvalue weighted by Crippen LogP contribution is 2.43. The van der Waals surface area contributed by atoms with Crippen LogP contribution in [0, 0.1) is 0 Å². The van der Waals surface area contributed by atoms with Crippen LogP contribution >= 0.6 is 7.82 Å². The van der Waals surface area contributed by atoms with Crippen LogP contribution in [0.1, 0.15) is 264 Å². The van der Waals surface area contributed by atoms with Gasteiger partial charge in [0.2, 0.25) is 5.91 Å². The lowest BCUT2D eigenvalue weighted by Gasteiger charge is -2.23. The molecule has 1 amide bonds. The van der Waals surface area contributed by atoms with E-state index in [9.17, 15) is 19.4 Å². The lowest BCUT2D eigenvalue weighted by atomic mass is 10.0. The molecule has 3 atom stereocenters. The minimum atomic E-state index is -4.34. The zero-order valence-electron chi connectivity index (χ0n) is 38.6. The summed E-state index contributed by atoms with van der Waals surface area (Å²) in [6, 6.07) is -0.855. The summed E-state index contributed by atoms with van der Waals surface area (Å²) >= 11 is 0. The van der Waals surface area contributed by atoms with E-state index >= 15 is 0 Å². The zero-order chi connectivity index (χ0) is 42.5. The molecule has 0 rings (SSSR count). The van der Waals surface area contributed by atoms with Crippen LogP contribution in [0.4, 0.5) is 0 Å². The van der Waals surface area contributed by atoms with Gasteiger partial charge in [0.05, 0.1) is 25.4 Å². The second kappa shape index (κ2) is 45.8. The number of aliphatic hydroxyl groups is 1. The van der Waals surface area contributed by atoms with Gasteiger partial charge in [-0.25, -0.2) is 4.57 Å². The summed E-state index contributed by atoms with van der Waals surface area (Å²) in [6.45, 7) is 4.18. The first-order valence-corrected chi connectivity index (χ1v) is 26.8. The number of hydrogen-bond donors (Lipinski definition) is 4. The molecule has 0 aliphatic carbocycles. The first kappa shape index (κ1) is 57.2. The molecule has 9 heteroatoms. The maximum Gasteiger partial charge on any atom is 0.472 e. The van der Waals surface area contributed by atoms with Gasteiger partial charge in [-0.1, -0.05) is 251 Å². The molecule has 58 heavy (non-hydrogen) atoms. The summed E-state index contributed by atoms with van der Waals surface area (Å²) in [7, 11) is -4.34. The summed E-state index contributed by atoms with van der Waals surface area (Å²) in [5, 5.41) is 13.7. The molecule has 346 valence electrons. The van der Waals surface area contributed by atoms with Crippen molar-refractivity contribution < 1.29 is 28.4 Å². The van der Waals surface area contributed by atoms with Crippen molar-refractivity contribution >= 4 is 13.7 Å². The van der Waals surface area contributed by atoms with E-state index in [2.05, 4.69) is 19.2 Å². The fourth-order valence-electron chi connectivity index (χ4n) is 7.78. The van der Waals surface area contributed by atoms with Crippen molar-refractivity contribution in [3.63, 3.8) is 0 Å². The van der Waals surface area contributed by atoms with E-state index in [1.165, 1.54) is 205 Å². The van der Waals surface area contributed by atoms with E-state index in [-0.39, 0.29) is 25.7 Å². The molecule has 0 spiro atoms. The van der Waals surface area contributed by atoms with E-state index in [1.807, 2.05) is 6.08 Å². The second-order valence-corrected chi connectivity index (χ2v) is 18.8. The molecular formula is C49H99N2O6P. The standard InChI is InChI=1S/C49H99N2O6P/c1-3-5-7-9-11-13-15-17-19-21-22-23-24-25-26-27-29-31-33-35-37-39-41-43-49(53)51-47(46-57-58(54,55)56-45-44-50)48(52)42-40-38-36-34-32-30-28-20-18-16-14-12-10-8-6-4-2/h40,42,47-48,52H,3-39,41,43-46,50H2,1-2H3,(H,51,53)(H,54,55)/b42-40+. The number of unbranched alkanes of at least 4 members (excludes halogenated alkanes) is 36. The van der Waals surface area contributed by atoms with Crippen molar-refractivity contribution in [2.45, 2.75) is 276 Å². The van der Waals surface area contributed by atoms with E-state index in [0.717, 1.165) is 38.5 Å². The van der Waals surface area contributed by atoms with Crippen molar-refractivity contribution in [2.24, 2.45) is 5.73 Å². The average Bonchev–Trinajstić information content (AvgIpc) is 3.21. The summed E-state index contributed by atoms with van der Waals surface area (Å²) in [4.78, 5) is 22.8. The van der Waals surface area contributed by atoms with Crippen LogP contribution in [-0.4, -0.2) is 47.8 Å². The molecule has 0 saturated carbocycles. The van der Waals surface area contributed by atoms with E-state index < -0.39 is 20.0 Å². The fraction of sp³-hybridized carbons (Fsp3) is 0.939. The molecule has 3 unspecified atom stereocenters. The molecule has 0 radical (unpaired) electrons. The van der Waals surface area contributed by atoms with Gasteiger partial charge in [-0.3, -0.25) is 13.8 Å². The monoisotopic (exact) mass is 843 g/mol. The fourth-order valence-corrected chi connectivity index (χ4v) is 8.54. The van der Waals surface area contributed by atoms with Gasteiger partial charge < -0.3 is 21.1 Å². The number of hydrogen-bond acceptors (Lipinski definition) is 6. The van der Waals surface area contributed by atoms with Crippen molar-refractivity contribution in [1.29, 1.82) is 0 Å². The third-order valence-electron chi connectivity index (χ3n) is 11.6. The van der Waals surface area contributed by atoms with Gasteiger partial charge >= 0.3 is 7.82 Å². The lowest BCUT2D eigenvalue weighted by molar-refractivity contribution is -0.123. The number of phosphoric acid groups is 1. The predicted octanol–water partition coefficient (Wildman–Crippen LogP) is 14.7. The van der Waals surface area contributed by atoms with Crippen LogP contribution in [0.25, 0.3) is 0 Å². The Kier molecular flexibility index (Phi) is 45.2. The SMILES string of the molecule is CCCCCCCCCCCCCCCC/C=C/C(O)C(COP(=O)(O)OCCN)NC(=O)CCCCCCCCCCCCCCCCCCCCCCCCC. The largest absolute Gasteiger partial charge is 0.472 e. The van der Waals surface area contributed by atoms with Crippen LogP contribution < -0.4 is 11.1 Å². The molecule has 0 heterocycles. The van der Waals surface area contributed by atoms with Crippen LogP contribution in [-0.2, 0) is 18.4 Å². The van der Waals surface area contributed by atoms with Crippen molar-refractivity contribution in [2.75, 3.05) is 19.8 Å². The Balaban J connectivity index is 4.03. The van der Waals surface area contributed by atoms with Crippen molar-refractivity contribution in [3.05, 3.63) is 12.2 Å². The van der Waals surface area contributed by atoms with Gasteiger partial charge in [0, 0.05) is 13.0 Å². The van der Waals surface area contributed by atoms with Crippen LogP contribution in [0.3, 0.4) is 0 Å². The highest BCUT2D eigenvalue weighted by molar-refractivity contribution is 7.47. The van der Waals surface area contributed by atoms with E-state index in [4.69, 9.17) is 14.8 Å². The molecule has 0 aliphatic heterocycles. The number of phosphoric ester groups is 1.